The normalized spacial score (nSPS) is 11.4. The Balaban J connectivity index is 0.00000225. The van der Waals surface area contributed by atoms with Gasteiger partial charge in [-0.25, -0.2) is 0 Å². The maximum Gasteiger partial charge on any atom is 0.137 e. The second-order valence-corrected chi connectivity index (χ2v) is 3.77. The van der Waals surface area contributed by atoms with Crippen molar-refractivity contribution in [1.82, 2.24) is 0 Å². The Kier molecular flexibility index (Phi) is 7.22. The van der Waals surface area contributed by atoms with Gasteiger partial charge in [0.25, 0.3) is 0 Å². The molecule has 0 aliphatic rings. The minimum atomic E-state index is 0. The molecule has 2 nitrogen and oxygen atoms in total. The van der Waals surface area contributed by atoms with Gasteiger partial charge in [0.05, 0.1) is 12.1 Å². The molecule has 0 heterocycles. The molecule has 0 spiro atoms. The predicted octanol–water partition coefficient (Wildman–Crippen LogP) is 3.74. The van der Waals surface area contributed by atoms with Crippen LogP contribution in [0.5, 0.6) is 5.75 Å². The van der Waals surface area contributed by atoms with Crippen molar-refractivity contribution in [1.29, 1.82) is 0 Å². The summed E-state index contributed by atoms with van der Waals surface area (Å²) in [6.45, 7) is 3.67. The van der Waals surface area contributed by atoms with Gasteiger partial charge in [-0.05, 0) is 30.5 Å². The number of allylic oxidation sites excluding steroid dienone is 1. The van der Waals surface area contributed by atoms with E-state index in [9.17, 15) is 0 Å². The van der Waals surface area contributed by atoms with Crippen molar-refractivity contribution in [3.63, 3.8) is 0 Å². The molecule has 1 aromatic rings. The van der Waals surface area contributed by atoms with E-state index in [4.69, 9.17) is 22.1 Å². The lowest BCUT2D eigenvalue weighted by Crippen LogP contribution is -2.09. The van der Waals surface area contributed by atoms with Crippen LogP contribution in [-0.4, -0.2) is 7.11 Å². The molecular weight excluding hydrogens is 245 g/mol. The number of methoxy groups -OCH3 is 1. The van der Waals surface area contributed by atoms with Crippen LogP contribution in [-0.2, 0) is 0 Å². The summed E-state index contributed by atoms with van der Waals surface area (Å²) in [7, 11) is 1.60. The quantitative estimate of drug-likeness (QED) is 0.820. The largest absolute Gasteiger partial charge is 0.495 e. The van der Waals surface area contributed by atoms with Crippen molar-refractivity contribution in [2.45, 2.75) is 18.9 Å². The van der Waals surface area contributed by atoms with Crippen LogP contribution >= 0.6 is 24.0 Å². The molecule has 0 aromatic heterocycles. The summed E-state index contributed by atoms with van der Waals surface area (Å²) in [5, 5.41) is 0.608. The highest BCUT2D eigenvalue weighted by atomic mass is 35.5. The second-order valence-electron chi connectivity index (χ2n) is 3.37. The minimum Gasteiger partial charge on any atom is -0.495 e. The van der Waals surface area contributed by atoms with Gasteiger partial charge in [0.15, 0.2) is 0 Å². The van der Waals surface area contributed by atoms with Crippen LogP contribution in [0.25, 0.3) is 0 Å². The highest BCUT2D eigenvalue weighted by molar-refractivity contribution is 6.32. The lowest BCUT2D eigenvalue weighted by Gasteiger charge is -2.12. The summed E-state index contributed by atoms with van der Waals surface area (Å²) in [5.74, 6) is 0.670. The van der Waals surface area contributed by atoms with Crippen LogP contribution in [0.2, 0.25) is 5.02 Å². The van der Waals surface area contributed by atoms with Gasteiger partial charge in [-0.2, -0.15) is 0 Å². The van der Waals surface area contributed by atoms with Crippen LogP contribution in [0.4, 0.5) is 0 Å². The van der Waals surface area contributed by atoms with Gasteiger partial charge in [-0.1, -0.05) is 23.7 Å². The highest BCUT2D eigenvalue weighted by Crippen LogP contribution is 2.28. The van der Waals surface area contributed by atoms with Gasteiger partial charge in [0, 0.05) is 6.04 Å². The Morgan fingerprint density at radius 3 is 2.81 bits per heavy atom. The fraction of sp³-hybridized carbons (Fsp3) is 0.333. The van der Waals surface area contributed by atoms with Crippen LogP contribution in [0.3, 0.4) is 0 Å². The summed E-state index contributed by atoms with van der Waals surface area (Å²) in [6, 6.07) is 5.63. The molecule has 0 saturated carbocycles. The first kappa shape index (κ1) is 15.3. The summed E-state index contributed by atoms with van der Waals surface area (Å²) in [6.07, 6.45) is 3.66. The van der Waals surface area contributed by atoms with E-state index in [0.717, 1.165) is 18.4 Å². The molecule has 1 atom stereocenters. The lowest BCUT2D eigenvalue weighted by atomic mass is 10.0. The van der Waals surface area contributed by atoms with Crippen LogP contribution < -0.4 is 10.5 Å². The molecule has 0 unspecified atom stereocenters. The van der Waals surface area contributed by atoms with Gasteiger partial charge in [0.2, 0.25) is 0 Å². The average molecular weight is 262 g/mol. The molecule has 90 valence electrons. The van der Waals surface area contributed by atoms with E-state index < -0.39 is 0 Å². The Morgan fingerprint density at radius 2 is 2.25 bits per heavy atom. The standard InChI is InChI=1S/C12H16ClNO.ClH/c1-3-4-5-11(14)9-6-7-10(13)12(8-9)15-2;/h3,6-8,11H,1,4-5,14H2,2H3;1H/t11-;/m0./s1. The molecule has 0 radical (unpaired) electrons. The molecular formula is C12H17Cl2NO. The molecule has 0 fully saturated rings. The number of benzene rings is 1. The Labute approximate surface area is 108 Å². The molecule has 0 aliphatic heterocycles. The van der Waals surface area contributed by atoms with Gasteiger partial charge >= 0.3 is 0 Å². The van der Waals surface area contributed by atoms with Gasteiger partial charge in [-0.3, -0.25) is 0 Å². The summed E-state index contributed by atoms with van der Waals surface area (Å²) < 4.78 is 5.13. The monoisotopic (exact) mass is 261 g/mol. The number of nitrogens with two attached hydrogens (primary N) is 1. The molecule has 2 N–H and O–H groups in total. The highest BCUT2D eigenvalue weighted by Gasteiger charge is 2.08. The van der Waals surface area contributed by atoms with Gasteiger partial charge < -0.3 is 10.5 Å². The zero-order chi connectivity index (χ0) is 11.3. The van der Waals surface area contributed by atoms with Crippen LogP contribution in [0, 0.1) is 0 Å². The van der Waals surface area contributed by atoms with E-state index in [0.29, 0.717) is 10.8 Å². The molecule has 0 bridgehead atoms. The lowest BCUT2D eigenvalue weighted by molar-refractivity contribution is 0.414. The first-order chi connectivity index (χ1) is 7.19. The smallest absolute Gasteiger partial charge is 0.137 e. The number of hydrogen-bond donors (Lipinski definition) is 1. The molecule has 4 heteroatoms. The molecule has 16 heavy (non-hydrogen) atoms. The molecule has 0 amide bonds. The van der Waals surface area contributed by atoms with Crippen molar-refractivity contribution in [3.8, 4) is 5.75 Å². The van der Waals surface area contributed by atoms with E-state index in [1.807, 2.05) is 24.3 Å². The van der Waals surface area contributed by atoms with Gasteiger partial charge in [0.1, 0.15) is 5.75 Å². The summed E-state index contributed by atoms with van der Waals surface area (Å²) in [4.78, 5) is 0. The van der Waals surface area contributed by atoms with Crippen molar-refractivity contribution in [2.75, 3.05) is 7.11 Å². The van der Waals surface area contributed by atoms with Gasteiger partial charge in [-0.15, -0.1) is 19.0 Å². The molecule has 0 saturated heterocycles. The van der Waals surface area contributed by atoms with Crippen molar-refractivity contribution in [3.05, 3.63) is 41.4 Å². The number of halogens is 2. The number of rotatable bonds is 5. The fourth-order valence-electron chi connectivity index (χ4n) is 1.37. The maximum absolute atomic E-state index is 6.01. The van der Waals surface area contributed by atoms with E-state index >= 15 is 0 Å². The van der Waals surface area contributed by atoms with Crippen molar-refractivity contribution >= 4 is 24.0 Å². The van der Waals surface area contributed by atoms with E-state index in [-0.39, 0.29) is 18.4 Å². The summed E-state index contributed by atoms with van der Waals surface area (Å²) >= 11 is 5.92. The number of ether oxygens (including phenoxy) is 1. The predicted molar refractivity (Wildman–Crippen MR) is 71.6 cm³/mol. The van der Waals surface area contributed by atoms with E-state index in [1.165, 1.54) is 0 Å². The van der Waals surface area contributed by atoms with Crippen LogP contribution in [0.1, 0.15) is 24.4 Å². The summed E-state index contributed by atoms with van der Waals surface area (Å²) in [5.41, 5.74) is 7.05. The Bertz CT molecular complexity index is 342. The Hall–Kier alpha value is -0.700. The third-order valence-electron chi connectivity index (χ3n) is 2.29. The average Bonchev–Trinajstić information content (AvgIpc) is 2.26. The van der Waals surface area contributed by atoms with E-state index in [1.54, 1.807) is 7.11 Å². The first-order valence-electron chi connectivity index (χ1n) is 4.89. The van der Waals surface area contributed by atoms with Crippen molar-refractivity contribution < 1.29 is 4.74 Å². The van der Waals surface area contributed by atoms with E-state index in [2.05, 4.69) is 6.58 Å². The van der Waals surface area contributed by atoms with Crippen LogP contribution in [0.15, 0.2) is 30.9 Å². The Morgan fingerprint density at radius 1 is 1.56 bits per heavy atom. The number of hydrogen-bond acceptors (Lipinski definition) is 2. The SMILES string of the molecule is C=CCC[C@H](N)c1ccc(Cl)c(OC)c1.Cl. The molecule has 1 aromatic carbocycles. The maximum atomic E-state index is 6.01. The zero-order valence-electron chi connectivity index (χ0n) is 9.28. The fourth-order valence-corrected chi connectivity index (χ4v) is 1.57. The zero-order valence-corrected chi connectivity index (χ0v) is 10.9. The molecule has 1 rings (SSSR count). The second kappa shape index (κ2) is 7.55. The topological polar surface area (TPSA) is 35.2 Å². The first-order valence-corrected chi connectivity index (χ1v) is 5.26. The van der Waals surface area contributed by atoms with Crippen molar-refractivity contribution in [2.24, 2.45) is 5.73 Å². The third kappa shape index (κ3) is 4.05. The minimum absolute atomic E-state index is 0. The third-order valence-corrected chi connectivity index (χ3v) is 2.60. The molecule has 0 aliphatic carbocycles.